The summed E-state index contributed by atoms with van der Waals surface area (Å²) in [5, 5.41) is 4.72. The summed E-state index contributed by atoms with van der Waals surface area (Å²) in [7, 11) is 0. The molecule has 2 aromatic rings. The molecule has 98 valence electrons. The minimum absolute atomic E-state index is 0.497. The van der Waals surface area contributed by atoms with Crippen LogP contribution in [0.4, 0.5) is 5.95 Å². The van der Waals surface area contributed by atoms with Gasteiger partial charge in [-0.2, -0.15) is 0 Å². The normalized spacial score (nSPS) is 11.4. The van der Waals surface area contributed by atoms with Crippen LogP contribution in [0.1, 0.15) is 44.4 Å². The second kappa shape index (κ2) is 5.85. The van der Waals surface area contributed by atoms with Gasteiger partial charge in [0, 0.05) is 16.8 Å². The molecule has 0 saturated heterocycles. The molecule has 0 atom stereocenters. The number of anilines is 1. The van der Waals surface area contributed by atoms with Crippen LogP contribution in [0.2, 0.25) is 5.15 Å². The van der Waals surface area contributed by atoms with Gasteiger partial charge in [-0.3, -0.25) is 0 Å². The molecular formula is C13H18ClN3S. The Hall–Kier alpha value is -0.870. The van der Waals surface area contributed by atoms with Gasteiger partial charge in [-0.15, -0.1) is 11.3 Å². The van der Waals surface area contributed by atoms with Gasteiger partial charge in [0.2, 0.25) is 5.95 Å². The molecule has 0 aliphatic heterocycles. The van der Waals surface area contributed by atoms with E-state index >= 15 is 0 Å². The lowest BCUT2D eigenvalue weighted by Gasteiger charge is -2.03. The molecule has 0 bridgehead atoms. The molecule has 3 nitrogen and oxygen atoms in total. The van der Waals surface area contributed by atoms with E-state index in [-0.39, 0.29) is 0 Å². The number of unbranched alkanes of at least 4 members (excludes halogenated alkanes) is 1. The van der Waals surface area contributed by atoms with E-state index in [9.17, 15) is 0 Å². The Morgan fingerprint density at radius 2 is 2.17 bits per heavy atom. The number of halogens is 1. The molecule has 2 heterocycles. The smallest absolute Gasteiger partial charge is 0.225 e. The Bertz CT molecular complexity index is 536. The highest BCUT2D eigenvalue weighted by Crippen LogP contribution is 2.33. The van der Waals surface area contributed by atoms with Crippen LogP contribution in [0.3, 0.4) is 0 Å². The summed E-state index contributed by atoms with van der Waals surface area (Å²) in [5.41, 5.74) is 0. The van der Waals surface area contributed by atoms with E-state index in [2.05, 4.69) is 42.1 Å². The molecule has 0 aliphatic rings. The zero-order chi connectivity index (χ0) is 13.1. The first-order valence-corrected chi connectivity index (χ1v) is 7.52. The maximum absolute atomic E-state index is 6.21. The predicted octanol–water partition coefficient (Wildman–Crippen LogP) is 4.68. The molecule has 0 spiro atoms. The number of nitrogens with zero attached hydrogens (tertiary/aromatic N) is 2. The van der Waals surface area contributed by atoms with Gasteiger partial charge in [0.25, 0.3) is 0 Å². The van der Waals surface area contributed by atoms with Crippen molar-refractivity contribution in [2.24, 2.45) is 0 Å². The Morgan fingerprint density at radius 3 is 2.83 bits per heavy atom. The zero-order valence-electron chi connectivity index (χ0n) is 11.0. The molecule has 0 amide bonds. The van der Waals surface area contributed by atoms with Gasteiger partial charge in [0.1, 0.15) is 9.98 Å². The van der Waals surface area contributed by atoms with Crippen LogP contribution >= 0.6 is 22.9 Å². The fraction of sp³-hybridized carbons (Fsp3) is 0.538. The number of fused-ring (bicyclic) bond motifs is 1. The lowest BCUT2D eigenvalue weighted by Crippen LogP contribution is -2.04. The minimum Gasteiger partial charge on any atom is -0.354 e. The number of rotatable bonds is 5. The summed E-state index contributed by atoms with van der Waals surface area (Å²) in [4.78, 5) is 11.1. The Morgan fingerprint density at radius 1 is 1.39 bits per heavy atom. The highest BCUT2D eigenvalue weighted by molar-refractivity contribution is 7.18. The first kappa shape index (κ1) is 13.6. The summed E-state index contributed by atoms with van der Waals surface area (Å²) < 4.78 is 0. The van der Waals surface area contributed by atoms with Crippen LogP contribution in [-0.2, 0) is 0 Å². The lowest BCUT2D eigenvalue weighted by molar-refractivity contribution is 0.827. The van der Waals surface area contributed by atoms with Gasteiger partial charge in [-0.05, 0) is 18.4 Å². The second-order valence-corrected chi connectivity index (χ2v) is 6.06. The van der Waals surface area contributed by atoms with E-state index in [1.165, 1.54) is 4.88 Å². The van der Waals surface area contributed by atoms with Gasteiger partial charge in [0.05, 0.1) is 0 Å². The fourth-order valence-electron chi connectivity index (χ4n) is 1.65. The Kier molecular flexibility index (Phi) is 4.40. The molecule has 0 fully saturated rings. The van der Waals surface area contributed by atoms with Crippen molar-refractivity contribution in [3.63, 3.8) is 0 Å². The summed E-state index contributed by atoms with van der Waals surface area (Å²) in [6, 6.07) is 2.10. The largest absolute Gasteiger partial charge is 0.354 e. The highest BCUT2D eigenvalue weighted by atomic mass is 35.5. The standard InChI is InChI=1S/C13H18ClN3S/c1-4-5-6-15-13-16-11(14)9-7-10(8(2)3)18-12(9)17-13/h7-8H,4-6H2,1-3H3,(H,15,16,17). The van der Waals surface area contributed by atoms with Crippen molar-refractivity contribution in [3.8, 4) is 0 Å². The monoisotopic (exact) mass is 283 g/mol. The second-order valence-electron chi connectivity index (χ2n) is 4.64. The van der Waals surface area contributed by atoms with Crippen LogP contribution < -0.4 is 5.32 Å². The summed E-state index contributed by atoms with van der Waals surface area (Å²) in [6.45, 7) is 7.40. The SMILES string of the molecule is CCCCNc1nc(Cl)c2cc(C(C)C)sc2n1. The fourth-order valence-corrected chi connectivity index (χ4v) is 2.96. The molecule has 18 heavy (non-hydrogen) atoms. The number of aromatic nitrogens is 2. The Balaban J connectivity index is 2.30. The van der Waals surface area contributed by atoms with E-state index in [0.717, 1.165) is 29.6 Å². The van der Waals surface area contributed by atoms with Crippen LogP contribution in [-0.4, -0.2) is 16.5 Å². The van der Waals surface area contributed by atoms with E-state index in [4.69, 9.17) is 11.6 Å². The van der Waals surface area contributed by atoms with E-state index < -0.39 is 0 Å². The van der Waals surface area contributed by atoms with E-state index in [0.29, 0.717) is 17.0 Å². The van der Waals surface area contributed by atoms with E-state index in [1.807, 2.05) is 0 Å². The first-order chi connectivity index (χ1) is 8.61. The number of hydrogen-bond donors (Lipinski definition) is 1. The maximum atomic E-state index is 6.21. The first-order valence-electron chi connectivity index (χ1n) is 6.32. The van der Waals surface area contributed by atoms with Crippen molar-refractivity contribution in [2.45, 2.75) is 39.5 Å². The number of hydrogen-bond acceptors (Lipinski definition) is 4. The van der Waals surface area contributed by atoms with Crippen molar-refractivity contribution in [3.05, 3.63) is 16.1 Å². The third-order valence-corrected chi connectivity index (χ3v) is 4.37. The van der Waals surface area contributed by atoms with Gasteiger partial charge < -0.3 is 5.32 Å². The molecule has 0 radical (unpaired) electrons. The quantitative estimate of drug-likeness (QED) is 0.639. The molecule has 0 saturated carbocycles. The molecule has 1 N–H and O–H groups in total. The zero-order valence-corrected chi connectivity index (χ0v) is 12.5. The number of thiophene rings is 1. The maximum Gasteiger partial charge on any atom is 0.225 e. The van der Waals surface area contributed by atoms with Crippen molar-refractivity contribution in [1.82, 2.24) is 9.97 Å². The summed E-state index contributed by atoms with van der Waals surface area (Å²) >= 11 is 7.91. The van der Waals surface area contributed by atoms with Crippen LogP contribution in [0.5, 0.6) is 0 Å². The number of nitrogens with one attached hydrogen (secondary N) is 1. The third kappa shape index (κ3) is 2.93. The van der Waals surface area contributed by atoms with Crippen molar-refractivity contribution < 1.29 is 0 Å². The van der Waals surface area contributed by atoms with Crippen LogP contribution in [0.15, 0.2) is 6.07 Å². The van der Waals surface area contributed by atoms with Gasteiger partial charge in [-0.25, -0.2) is 9.97 Å². The summed E-state index contributed by atoms with van der Waals surface area (Å²) in [5.74, 6) is 1.13. The van der Waals surface area contributed by atoms with Crippen molar-refractivity contribution in [1.29, 1.82) is 0 Å². The molecule has 5 heteroatoms. The minimum atomic E-state index is 0.497. The van der Waals surface area contributed by atoms with Crippen LogP contribution in [0, 0.1) is 0 Å². The molecule has 2 aromatic heterocycles. The van der Waals surface area contributed by atoms with Gasteiger partial charge in [0.15, 0.2) is 0 Å². The average molecular weight is 284 g/mol. The Labute approximate surface area is 117 Å². The van der Waals surface area contributed by atoms with Gasteiger partial charge in [-0.1, -0.05) is 38.8 Å². The molecule has 0 aromatic carbocycles. The van der Waals surface area contributed by atoms with Crippen molar-refractivity contribution in [2.75, 3.05) is 11.9 Å². The third-order valence-electron chi connectivity index (χ3n) is 2.75. The van der Waals surface area contributed by atoms with Gasteiger partial charge >= 0.3 is 0 Å². The van der Waals surface area contributed by atoms with E-state index in [1.54, 1.807) is 11.3 Å². The molecular weight excluding hydrogens is 266 g/mol. The predicted molar refractivity (Wildman–Crippen MR) is 79.9 cm³/mol. The van der Waals surface area contributed by atoms with Crippen LogP contribution in [0.25, 0.3) is 10.2 Å². The molecule has 2 rings (SSSR count). The lowest BCUT2D eigenvalue weighted by atomic mass is 10.2. The van der Waals surface area contributed by atoms with Crippen molar-refractivity contribution >= 4 is 39.1 Å². The molecule has 0 aliphatic carbocycles. The molecule has 0 unspecified atom stereocenters. The topological polar surface area (TPSA) is 37.8 Å². The summed E-state index contributed by atoms with van der Waals surface area (Å²) in [6.07, 6.45) is 2.26. The average Bonchev–Trinajstić information content (AvgIpc) is 2.74. The highest BCUT2D eigenvalue weighted by Gasteiger charge is 2.11.